The predicted octanol–water partition coefficient (Wildman–Crippen LogP) is -3.11. The van der Waals surface area contributed by atoms with Crippen LogP contribution in [0.25, 0.3) is 0 Å². The molecular weight excluding hydrogens is 218 g/mol. The van der Waals surface area contributed by atoms with Crippen molar-refractivity contribution in [2.45, 2.75) is 12.3 Å². The van der Waals surface area contributed by atoms with E-state index in [2.05, 4.69) is 10.4 Å². The molecular formula is C7H11N5O4. The molecule has 0 aliphatic carbocycles. The van der Waals surface area contributed by atoms with Crippen LogP contribution in [0.1, 0.15) is 0 Å². The predicted molar refractivity (Wildman–Crippen MR) is 52.2 cm³/mol. The van der Waals surface area contributed by atoms with E-state index in [1.165, 1.54) is 12.3 Å². The molecule has 1 fully saturated rings. The molecule has 9 heteroatoms. The maximum atomic E-state index is 11.4. The Morgan fingerprint density at radius 2 is 2.44 bits per heavy atom. The highest BCUT2D eigenvalue weighted by molar-refractivity contribution is 5.23. The fraction of sp³-hybridized carbons (Fsp3) is 0.429. The Kier molecular flexibility index (Phi) is 2.75. The molecule has 1 aromatic heterocycles. The smallest absolute Gasteiger partial charge is 0.371 e. The van der Waals surface area contributed by atoms with Crippen LogP contribution in [0.2, 0.25) is 0 Å². The van der Waals surface area contributed by atoms with E-state index >= 15 is 0 Å². The Hall–Kier alpha value is -1.68. The van der Waals surface area contributed by atoms with Crippen LogP contribution in [0.5, 0.6) is 0 Å². The van der Waals surface area contributed by atoms with E-state index in [1.54, 1.807) is 0 Å². The summed E-state index contributed by atoms with van der Waals surface area (Å²) in [5.41, 5.74) is 7.07. The second-order valence-corrected chi connectivity index (χ2v) is 3.15. The lowest BCUT2D eigenvalue weighted by atomic mass is 10.3. The molecule has 1 aliphatic heterocycles. The maximum absolute atomic E-state index is 11.4. The van der Waals surface area contributed by atoms with Gasteiger partial charge in [-0.3, -0.25) is 0 Å². The first kappa shape index (κ1) is 10.8. The second-order valence-electron chi connectivity index (χ2n) is 3.15. The molecule has 5 N–H and O–H groups in total. The highest BCUT2D eigenvalue weighted by Gasteiger charge is 2.32. The fourth-order valence-corrected chi connectivity index (χ4v) is 1.21. The van der Waals surface area contributed by atoms with Crippen molar-refractivity contribution in [2.75, 3.05) is 17.6 Å². The normalized spacial score (nSPS) is 25.0. The van der Waals surface area contributed by atoms with Crippen molar-refractivity contribution in [3.05, 3.63) is 22.7 Å². The molecule has 0 spiro atoms. The van der Waals surface area contributed by atoms with Crippen LogP contribution in [-0.4, -0.2) is 38.8 Å². The van der Waals surface area contributed by atoms with Gasteiger partial charge in [0.05, 0.1) is 6.61 Å². The molecule has 1 aliphatic rings. The lowest BCUT2D eigenvalue weighted by molar-refractivity contribution is -0.0232. The molecule has 0 saturated carbocycles. The monoisotopic (exact) mass is 229 g/mol. The van der Waals surface area contributed by atoms with Crippen LogP contribution in [-0.2, 0) is 4.84 Å². The number of hydrogen-bond acceptors (Lipinski definition) is 8. The number of rotatable bonds is 2. The van der Waals surface area contributed by atoms with Gasteiger partial charge in [-0.05, 0) is 6.07 Å². The number of aromatic nitrogens is 2. The summed E-state index contributed by atoms with van der Waals surface area (Å²) in [6.45, 7) is -0.387. The largest absolute Gasteiger partial charge is 0.393 e. The number of aliphatic hydroxyl groups excluding tert-OH is 2. The number of nitrogen functional groups attached to an aromatic ring is 1. The number of aliphatic hydroxyl groups is 2. The lowest BCUT2D eigenvalue weighted by Gasteiger charge is -2.17. The van der Waals surface area contributed by atoms with E-state index in [9.17, 15) is 9.90 Å². The summed E-state index contributed by atoms with van der Waals surface area (Å²) in [4.78, 5) is 19.9. The third kappa shape index (κ3) is 1.84. The minimum atomic E-state index is -1.10. The molecule has 2 rings (SSSR count). The molecule has 2 atom stereocenters. The Labute approximate surface area is 89.6 Å². The van der Waals surface area contributed by atoms with Crippen molar-refractivity contribution in [3.63, 3.8) is 0 Å². The molecule has 16 heavy (non-hydrogen) atoms. The van der Waals surface area contributed by atoms with Crippen LogP contribution < -0.4 is 22.1 Å². The Bertz CT molecular complexity index is 435. The molecule has 0 unspecified atom stereocenters. The minimum Gasteiger partial charge on any atom is -0.393 e. The molecule has 0 aromatic carbocycles. The molecule has 88 valence electrons. The van der Waals surface area contributed by atoms with E-state index in [1.807, 2.05) is 0 Å². The number of hydrogen-bond donors (Lipinski definition) is 4. The van der Waals surface area contributed by atoms with Crippen LogP contribution in [0.4, 0.5) is 5.82 Å². The Morgan fingerprint density at radius 1 is 1.69 bits per heavy atom. The van der Waals surface area contributed by atoms with Crippen molar-refractivity contribution >= 4 is 5.82 Å². The van der Waals surface area contributed by atoms with Crippen LogP contribution in [0.3, 0.4) is 0 Å². The lowest BCUT2D eigenvalue weighted by Crippen LogP contribution is -2.48. The Morgan fingerprint density at radius 3 is 3.00 bits per heavy atom. The third-order valence-electron chi connectivity index (χ3n) is 2.01. The molecule has 1 aromatic rings. The van der Waals surface area contributed by atoms with Gasteiger partial charge >= 0.3 is 5.69 Å². The average molecular weight is 229 g/mol. The zero-order chi connectivity index (χ0) is 11.7. The number of nitrogens with one attached hydrogen (secondary N) is 1. The van der Waals surface area contributed by atoms with Gasteiger partial charge in [0.25, 0.3) is 0 Å². The van der Waals surface area contributed by atoms with Crippen molar-refractivity contribution in [2.24, 2.45) is 0 Å². The zero-order valence-electron chi connectivity index (χ0n) is 8.15. The van der Waals surface area contributed by atoms with Crippen LogP contribution in [0, 0.1) is 0 Å². The summed E-state index contributed by atoms with van der Waals surface area (Å²) in [7, 11) is 0. The quantitative estimate of drug-likeness (QED) is 0.420. The van der Waals surface area contributed by atoms with E-state index in [-0.39, 0.29) is 12.4 Å². The van der Waals surface area contributed by atoms with Crippen molar-refractivity contribution < 1.29 is 15.1 Å². The van der Waals surface area contributed by atoms with Gasteiger partial charge in [0.2, 0.25) is 0 Å². The van der Waals surface area contributed by atoms with Crippen LogP contribution in [0.15, 0.2) is 17.1 Å². The first-order valence-electron chi connectivity index (χ1n) is 4.49. The minimum absolute atomic E-state index is 0.0831. The molecule has 1 saturated heterocycles. The zero-order valence-corrected chi connectivity index (χ0v) is 8.15. The Balaban J connectivity index is 2.23. The highest BCUT2D eigenvalue weighted by Crippen LogP contribution is 2.06. The number of anilines is 1. The average Bonchev–Trinajstić information content (AvgIpc) is 2.59. The summed E-state index contributed by atoms with van der Waals surface area (Å²) in [5.74, 6) is 0.0831. The second kappa shape index (κ2) is 4.06. The summed E-state index contributed by atoms with van der Waals surface area (Å²) in [6, 6.07) is 1.39. The molecule has 9 nitrogen and oxygen atoms in total. The van der Waals surface area contributed by atoms with Crippen LogP contribution >= 0.6 is 0 Å². The van der Waals surface area contributed by atoms with E-state index in [4.69, 9.17) is 15.7 Å². The van der Waals surface area contributed by atoms with Gasteiger partial charge in [0.1, 0.15) is 5.82 Å². The highest BCUT2D eigenvalue weighted by atomic mass is 16.8. The summed E-state index contributed by atoms with van der Waals surface area (Å²) in [5, 5.41) is 19.1. The maximum Gasteiger partial charge on any atom is 0.371 e. The van der Waals surface area contributed by atoms with Gasteiger partial charge in [0.15, 0.2) is 12.3 Å². The standard InChI is InChI=1S/C7H11N5O4/c8-5-1-2-11(7(15)9-5)12-10-6(14)4(3-13)16-12/h1-2,4,6,10,13-14H,3H2,(H2,8,9,15)/t4-,6-/m1/s1. The first-order chi connectivity index (χ1) is 7.61. The molecule has 2 heterocycles. The topological polar surface area (TPSA) is 126 Å². The van der Waals surface area contributed by atoms with Gasteiger partial charge in [-0.2, -0.15) is 15.1 Å². The third-order valence-corrected chi connectivity index (χ3v) is 2.01. The number of nitrogens with two attached hydrogens (primary N) is 1. The number of hydrazine groups is 1. The van der Waals surface area contributed by atoms with Crippen molar-refractivity contribution in [3.8, 4) is 0 Å². The van der Waals surface area contributed by atoms with Crippen molar-refractivity contribution in [1.29, 1.82) is 0 Å². The van der Waals surface area contributed by atoms with Gasteiger partial charge in [-0.15, -0.1) is 5.28 Å². The summed E-state index contributed by atoms with van der Waals surface area (Å²) in [6.07, 6.45) is -0.622. The van der Waals surface area contributed by atoms with Gasteiger partial charge in [-0.25, -0.2) is 9.63 Å². The summed E-state index contributed by atoms with van der Waals surface area (Å²) < 4.78 is 0.968. The van der Waals surface area contributed by atoms with Gasteiger partial charge in [0, 0.05) is 6.20 Å². The molecule has 0 radical (unpaired) electrons. The SMILES string of the molecule is Nc1ccn(N2N[C@H](O)[C@@H](CO)O2)c(=O)n1. The van der Waals surface area contributed by atoms with Gasteiger partial charge in [-0.1, -0.05) is 0 Å². The summed E-state index contributed by atoms with van der Waals surface area (Å²) >= 11 is 0. The number of nitrogens with zero attached hydrogens (tertiary/aromatic N) is 3. The van der Waals surface area contributed by atoms with Gasteiger partial charge < -0.3 is 15.9 Å². The first-order valence-corrected chi connectivity index (χ1v) is 4.49. The molecule has 0 amide bonds. The van der Waals surface area contributed by atoms with Crippen molar-refractivity contribution in [1.82, 2.24) is 15.1 Å². The van der Waals surface area contributed by atoms with E-state index in [0.29, 0.717) is 0 Å². The van der Waals surface area contributed by atoms with E-state index < -0.39 is 18.0 Å². The van der Waals surface area contributed by atoms with E-state index in [0.717, 1.165) is 9.96 Å². The molecule has 0 bridgehead atoms. The fourth-order valence-electron chi connectivity index (χ4n) is 1.21.